The summed E-state index contributed by atoms with van der Waals surface area (Å²) < 4.78 is 13.3. The number of aromatic amines is 1. The van der Waals surface area contributed by atoms with Gasteiger partial charge in [0, 0.05) is 0 Å². The van der Waals surface area contributed by atoms with Crippen LogP contribution in [0.2, 0.25) is 18.1 Å². The molecule has 0 fully saturated rings. The SMILES string of the molecule is CC(C)(C)[Si](C)(C)OCCOCn1cnc2c(=O)[nH]c(N)nc21. The highest BCUT2D eigenvalue weighted by molar-refractivity contribution is 6.74. The molecular weight excluding hydrogens is 314 g/mol. The summed E-state index contributed by atoms with van der Waals surface area (Å²) in [5.74, 6) is 0.0607. The van der Waals surface area contributed by atoms with Crippen LogP contribution in [0.4, 0.5) is 5.95 Å². The number of nitrogens with one attached hydrogen (secondary N) is 1. The van der Waals surface area contributed by atoms with Crippen LogP contribution in [0.25, 0.3) is 11.2 Å². The summed E-state index contributed by atoms with van der Waals surface area (Å²) in [5, 5.41) is 0.177. The monoisotopic (exact) mass is 339 g/mol. The third-order valence-electron chi connectivity index (χ3n) is 4.22. The van der Waals surface area contributed by atoms with Crippen molar-refractivity contribution in [2.75, 3.05) is 18.9 Å². The Bertz CT molecular complexity index is 732. The van der Waals surface area contributed by atoms with Gasteiger partial charge in [-0.3, -0.25) is 14.3 Å². The van der Waals surface area contributed by atoms with Crippen molar-refractivity contribution in [3.8, 4) is 0 Å². The van der Waals surface area contributed by atoms with Crippen molar-refractivity contribution in [1.29, 1.82) is 0 Å². The summed E-state index contributed by atoms with van der Waals surface area (Å²) >= 11 is 0. The largest absolute Gasteiger partial charge is 0.414 e. The first-order valence-electron chi connectivity index (χ1n) is 7.54. The molecule has 2 aromatic heterocycles. The number of imidazole rings is 1. The first kappa shape index (κ1) is 17.6. The van der Waals surface area contributed by atoms with Gasteiger partial charge in [0.2, 0.25) is 5.95 Å². The second kappa shape index (κ2) is 6.42. The Kier molecular flexibility index (Phi) is 4.92. The number of hydrogen-bond acceptors (Lipinski definition) is 6. The molecule has 2 aromatic rings. The van der Waals surface area contributed by atoms with Crippen molar-refractivity contribution in [3.05, 3.63) is 16.7 Å². The van der Waals surface area contributed by atoms with Gasteiger partial charge in [-0.05, 0) is 18.1 Å². The molecule has 0 aliphatic carbocycles. The first-order valence-corrected chi connectivity index (χ1v) is 10.4. The highest BCUT2D eigenvalue weighted by Gasteiger charge is 2.36. The van der Waals surface area contributed by atoms with Gasteiger partial charge >= 0.3 is 0 Å². The molecule has 0 radical (unpaired) electrons. The minimum atomic E-state index is -1.75. The minimum absolute atomic E-state index is 0.0607. The molecule has 3 N–H and O–H groups in total. The first-order chi connectivity index (χ1) is 10.6. The van der Waals surface area contributed by atoms with Gasteiger partial charge in [-0.25, -0.2) is 4.98 Å². The summed E-state index contributed by atoms with van der Waals surface area (Å²) in [4.78, 5) is 22.2. The van der Waals surface area contributed by atoms with Gasteiger partial charge < -0.3 is 14.9 Å². The van der Waals surface area contributed by atoms with Crippen LogP contribution in [0.5, 0.6) is 0 Å². The Labute approximate surface area is 136 Å². The molecule has 0 saturated heterocycles. The molecular formula is C14H25N5O3Si. The lowest BCUT2D eigenvalue weighted by Gasteiger charge is -2.36. The van der Waals surface area contributed by atoms with E-state index in [9.17, 15) is 4.79 Å². The van der Waals surface area contributed by atoms with Gasteiger partial charge in [-0.2, -0.15) is 4.98 Å². The van der Waals surface area contributed by atoms with E-state index in [0.29, 0.717) is 18.9 Å². The fourth-order valence-electron chi connectivity index (χ4n) is 1.80. The van der Waals surface area contributed by atoms with Crippen LogP contribution in [0.15, 0.2) is 11.1 Å². The van der Waals surface area contributed by atoms with Crippen molar-refractivity contribution in [2.45, 2.75) is 45.6 Å². The zero-order chi connectivity index (χ0) is 17.3. The zero-order valence-corrected chi connectivity index (χ0v) is 15.3. The highest BCUT2D eigenvalue weighted by atomic mass is 28.4. The van der Waals surface area contributed by atoms with Crippen molar-refractivity contribution < 1.29 is 9.16 Å². The smallest absolute Gasteiger partial charge is 0.280 e. The minimum Gasteiger partial charge on any atom is -0.414 e. The van der Waals surface area contributed by atoms with Crippen molar-refractivity contribution in [3.63, 3.8) is 0 Å². The molecule has 8 nitrogen and oxygen atoms in total. The van der Waals surface area contributed by atoms with Crippen LogP contribution in [-0.2, 0) is 15.9 Å². The van der Waals surface area contributed by atoms with Crippen molar-refractivity contribution >= 4 is 25.4 Å². The summed E-state index contributed by atoms with van der Waals surface area (Å²) in [6.45, 7) is 12.3. The number of ether oxygens (including phenoxy) is 1. The topological polar surface area (TPSA) is 108 Å². The molecule has 0 bridgehead atoms. The summed E-state index contributed by atoms with van der Waals surface area (Å²) in [6, 6.07) is 0. The number of anilines is 1. The molecule has 128 valence electrons. The molecule has 0 amide bonds. The van der Waals surface area contributed by atoms with E-state index < -0.39 is 8.32 Å². The Morgan fingerprint density at radius 1 is 1.35 bits per heavy atom. The fourth-order valence-corrected chi connectivity index (χ4v) is 2.83. The number of hydrogen-bond donors (Lipinski definition) is 2. The number of H-pyrrole nitrogens is 1. The average molecular weight is 339 g/mol. The molecule has 0 aliphatic heterocycles. The Morgan fingerprint density at radius 2 is 2.04 bits per heavy atom. The summed E-state index contributed by atoms with van der Waals surface area (Å²) in [5.41, 5.74) is 5.86. The predicted octanol–water partition coefficient (Wildman–Crippen LogP) is 1.70. The Balaban J connectivity index is 1.90. The molecule has 0 saturated carbocycles. The molecule has 0 atom stereocenters. The van der Waals surface area contributed by atoms with E-state index in [2.05, 4.69) is 48.8 Å². The van der Waals surface area contributed by atoms with Crippen molar-refractivity contribution in [2.24, 2.45) is 0 Å². The summed E-state index contributed by atoms with van der Waals surface area (Å²) in [7, 11) is -1.75. The number of nitrogens with zero attached hydrogens (tertiary/aromatic N) is 3. The predicted molar refractivity (Wildman–Crippen MR) is 91.7 cm³/mol. The highest BCUT2D eigenvalue weighted by Crippen LogP contribution is 2.36. The molecule has 0 spiro atoms. The van der Waals surface area contributed by atoms with Gasteiger partial charge in [-0.1, -0.05) is 20.8 Å². The molecule has 23 heavy (non-hydrogen) atoms. The maximum Gasteiger partial charge on any atom is 0.280 e. The van der Waals surface area contributed by atoms with E-state index >= 15 is 0 Å². The lowest BCUT2D eigenvalue weighted by molar-refractivity contribution is 0.0525. The molecule has 0 unspecified atom stereocenters. The molecule has 0 aliphatic rings. The van der Waals surface area contributed by atoms with Gasteiger partial charge in [0.1, 0.15) is 6.73 Å². The fraction of sp³-hybridized carbons (Fsp3) is 0.643. The maximum atomic E-state index is 11.7. The van der Waals surface area contributed by atoms with Crippen LogP contribution in [0, 0.1) is 0 Å². The second-order valence-electron chi connectivity index (χ2n) is 6.98. The lowest BCUT2D eigenvalue weighted by Crippen LogP contribution is -2.41. The van der Waals surface area contributed by atoms with E-state index in [1.807, 2.05) is 0 Å². The van der Waals surface area contributed by atoms with Crippen molar-refractivity contribution in [1.82, 2.24) is 19.5 Å². The molecule has 2 heterocycles. The number of nitrogen functional groups attached to an aromatic ring is 1. The number of rotatable bonds is 6. The number of aromatic nitrogens is 4. The van der Waals surface area contributed by atoms with Gasteiger partial charge in [-0.15, -0.1) is 0 Å². The number of fused-ring (bicyclic) bond motifs is 1. The van der Waals surface area contributed by atoms with Crippen LogP contribution < -0.4 is 11.3 Å². The van der Waals surface area contributed by atoms with Gasteiger partial charge in [0.05, 0.1) is 19.5 Å². The van der Waals surface area contributed by atoms with E-state index in [0.717, 1.165) is 0 Å². The van der Waals surface area contributed by atoms with Crippen LogP contribution in [0.1, 0.15) is 20.8 Å². The standard InChI is InChI=1S/C14H25N5O3Si/c1-14(2,3)23(4,5)22-7-6-21-9-19-8-16-10-11(19)17-13(15)18-12(10)20/h8H,6-7,9H2,1-5H3,(H3,15,17,18,20). The number of nitrogens with two attached hydrogens (primary N) is 1. The molecule has 9 heteroatoms. The van der Waals surface area contributed by atoms with E-state index in [1.165, 1.54) is 6.33 Å². The average Bonchev–Trinajstić information content (AvgIpc) is 2.80. The molecule has 0 aromatic carbocycles. The van der Waals surface area contributed by atoms with Crippen LogP contribution in [-0.4, -0.2) is 41.1 Å². The maximum absolute atomic E-state index is 11.7. The third-order valence-corrected chi connectivity index (χ3v) is 8.76. The Hall–Kier alpha value is -1.71. The van der Waals surface area contributed by atoms with E-state index in [1.54, 1.807) is 4.57 Å². The van der Waals surface area contributed by atoms with Crippen LogP contribution >= 0.6 is 0 Å². The molecule has 2 rings (SSSR count). The quantitative estimate of drug-likeness (QED) is 0.612. The van der Waals surface area contributed by atoms with Gasteiger partial charge in [0.25, 0.3) is 5.56 Å². The third kappa shape index (κ3) is 3.98. The second-order valence-corrected chi connectivity index (χ2v) is 11.8. The lowest BCUT2D eigenvalue weighted by atomic mass is 10.2. The van der Waals surface area contributed by atoms with Crippen LogP contribution in [0.3, 0.4) is 0 Å². The summed E-state index contributed by atoms with van der Waals surface area (Å²) in [6.07, 6.45) is 1.51. The van der Waals surface area contributed by atoms with Gasteiger partial charge in [0.15, 0.2) is 19.5 Å². The normalized spacial score (nSPS) is 12.9. The van der Waals surface area contributed by atoms with E-state index in [4.69, 9.17) is 14.9 Å². The van der Waals surface area contributed by atoms with E-state index in [-0.39, 0.29) is 28.8 Å². The Morgan fingerprint density at radius 3 is 2.70 bits per heavy atom. The zero-order valence-electron chi connectivity index (χ0n) is 14.3.